The molecule has 0 aliphatic carbocycles. The summed E-state index contributed by atoms with van der Waals surface area (Å²) in [7, 11) is 0. The number of halogens is 3. The Hall–Kier alpha value is -0.980. The fourth-order valence-electron chi connectivity index (χ4n) is 1.71. The highest BCUT2D eigenvalue weighted by molar-refractivity contribution is 9.10. The van der Waals surface area contributed by atoms with Crippen LogP contribution in [0, 0.1) is 12.7 Å². The van der Waals surface area contributed by atoms with E-state index in [0.717, 1.165) is 15.7 Å². The predicted octanol–water partition coefficient (Wildman–Crippen LogP) is 5.04. The van der Waals surface area contributed by atoms with Crippen molar-refractivity contribution in [1.82, 2.24) is 0 Å². The molecule has 0 unspecified atom stereocenters. The maximum atomic E-state index is 14.3. The van der Waals surface area contributed by atoms with Crippen molar-refractivity contribution in [2.24, 2.45) is 5.73 Å². The first-order chi connectivity index (χ1) is 9.40. The van der Waals surface area contributed by atoms with Crippen LogP contribution in [0.5, 0.6) is 0 Å². The fourth-order valence-corrected chi connectivity index (χ4v) is 2.82. The van der Waals surface area contributed by atoms with E-state index in [1.165, 1.54) is 0 Å². The second-order valence-electron chi connectivity index (χ2n) is 4.24. The Morgan fingerprint density at radius 1 is 1.25 bits per heavy atom. The van der Waals surface area contributed by atoms with Crippen molar-refractivity contribution in [3.63, 3.8) is 0 Å². The lowest BCUT2D eigenvalue weighted by molar-refractivity contribution is 0.625. The predicted molar refractivity (Wildman–Crippen MR) is 92.1 cm³/mol. The molecule has 0 radical (unpaired) electrons. The number of nitrogens with one attached hydrogen (secondary N) is 1. The first-order valence-corrected chi connectivity index (χ1v) is 7.70. The Morgan fingerprint density at radius 3 is 2.55 bits per heavy atom. The van der Waals surface area contributed by atoms with Crippen LogP contribution in [0.2, 0.25) is 0 Å². The third-order valence-electron chi connectivity index (χ3n) is 2.78. The molecule has 2 aromatic rings. The van der Waals surface area contributed by atoms with Crippen molar-refractivity contribution in [3.05, 3.63) is 56.2 Å². The molecule has 0 amide bonds. The standard InChI is InChI=1S/C14H11Br2FN2S/c1-7-6-8(2-4-10(7)15)19-11-5-3-9(14(18)20)12(16)13(11)17/h2-6,19H,1H3,(H2,18,20). The van der Waals surface area contributed by atoms with E-state index in [2.05, 4.69) is 37.2 Å². The van der Waals surface area contributed by atoms with E-state index < -0.39 is 5.82 Å². The number of anilines is 2. The van der Waals surface area contributed by atoms with Crippen molar-refractivity contribution in [2.45, 2.75) is 6.92 Å². The minimum absolute atomic E-state index is 0.154. The summed E-state index contributed by atoms with van der Waals surface area (Å²) in [4.78, 5) is 0.154. The van der Waals surface area contributed by atoms with Gasteiger partial charge in [0, 0.05) is 15.7 Å². The van der Waals surface area contributed by atoms with Gasteiger partial charge in [-0.2, -0.15) is 0 Å². The normalized spacial score (nSPS) is 10.4. The molecule has 3 N–H and O–H groups in total. The van der Waals surface area contributed by atoms with E-state index in [1.54, 1.807) is 12.1 Å². The molecule has 0 atom stereocenters. The Bertz CT molecular complexity index is 689. The van der Waals surface area contributed by atoms with Gasteiger partial charge in [0.15, 0.2) is 5.82 Å². The Balaban J connectivity index is 2.37. The van der Waals surface area contributed by atoms with Gasteiger partial charge in [0.05, 0.1) is 10.2 Å². The molecule has 2 rings (SSSR count). The molecular weight excluding hydrogens is 407 g/mol. The van der Waals surface area contributed by atoms with Crippen LogP contribution >= 0.6 is 44.1 Å². The lowest BCUT2D eigenvalue weighted by Crippen LogP contribution is -2.11. The van der Waals surface area contributed by atoms with E-state index in [9.17, 15) is 4.39 Å². The van der Waals surface area contributed by atoms with Crippen LogP contribution in [0.3, 0.4) is 0 Å². The highest BCUT2D eigenvalue weighted by Crippen LogP contribution is 2.30. The average Bonchev–Trinajstić information content (AvgIpc) is 2.39. The Labute approximate surface area is 138 Å². The van der Waals surface area contributed by atoms with Crippen LogP contribution in [0.1, 0.15) is 11.1 Å². The molecule has 2 nitrogen and oxygen atoms in total. The van der Waals surface area contributed by atoms with Gasteiger partial charge in [0.2, 0.25) is 0 Å². The molecule has 0 aliphatic rings. The number of nitrogens with two attached hydrogens (primary N) is 1. The fraction of sp³-hybridized carbons (Fsp3) is 0.0714. The Kier molecular flexibility index (Phi) is 4.78. The summed E-state index contributed by atoms with van der Waals surface area (Å²) in [6.07, 6.45) is 0. The maximum Gasteiger partial charge on any atom is 0.161 e. The molecule has 0 bridgehead atoms. The van der Waals surface area contributed by atoms with Crippen LogP contribution < -0.4 is 11.1 Å². The molecule has 6 heteroatoms. The van der Waals surface area contributed by atoms with Gasteiger partial charge in [0.1, 0.15) is 4.99 Å². The third kappa shape index (κ3) is 3.19. The lowest BCUT2D eigenvalue weighted by atomic mass is 10.1. The van der Waals surface area contributed by atoms with Crippen LogP contribution in [0.25, 0.3) is 0 Å². The lowest BCUT2D eigenvalue weighted by Gasteiger charge is -2.12. The topological polar surface area (TPSA) is 38.0 Å². The first kappa shape index (κ1) is 15.4. The second-order valence-corrected chi connectivity index (χ2v) is 6.33. The number of aryl methyl sites for hydroxylation is 1. The zero-order chi connectivity index (χ0) is 14.9. The quantitative estimate of drug-likeness (QED) is 0.687. The van der Waals surface area contributed by atoms with E-state index in [1.807, 2.05) is 25.1 Å². The molecule has 20 heavy (non-hydrogen) atoms. The van der Waals surface area contributed by atoms with Gasteiger partial charge in [-0.3, -0.25) is 0 Å². The zero-order valence-electron chi connectivity index (χ0n) is 10.5. The van der Waals surface area contributed by atoms with Crippen molar-refractivity contribution in [3.8, 4) is 0 Å². The smallest absolute Gasteiger partial charge is 0.161 e. The maximum absolute atomic E-state index is 14.3. The summed E-state index contributed by atoms with van der Waals surface area (Å²) >= 11 is 11.5. The molecular formula is C14H11Br2FN2S. The van der Waals surface area contributed by atoms with Gasteiger partial charge in [0.25, 0.3) is 0 Å². The molecule has 0 saturated carbocycles. The SMILES string of the molecule is Cc1cc(Nc2ccc(C(N)=S)c(Br)c2F)ccc1Br. The monoisotopic (exact) mass is 416 g/mol. The van der Waals surface area contributed by atoms with E-state index in [4.69, 9.17) is 18.0 Å². The van der Waals surface area contributed by atoms with E-state index >= 15 is 0 Å². The number of thiocarbonyl (C=S) groups is 1. The summed E-state index contributed by atoms with van der Waals surface area (Å²) in [5.74, 6) is -0.420. The van der Waals surface area contributed by atoms with E-state index in [-0.39, 0.29) is 9.46 Å². The van der Waals surface area contributed by atoms with Crippen LogP contribution in [0.15, 0.2) is 39.3 Å². The van der Waals surface area contributed by atoms with E-state index in [0.29, 0.717) is 11.3 Å². The summed E-state index contributed by atoms with van der Waals surface area (Å²) < 4.78 is 15.5. The summed E-state index contributed by atoms with van der Waals surface area (Å²) in [6, 6.07) is 9.01. The molecule has 0 aliphatic heterocycles. The highest BCUT2D eigenvalue weighted by Gasteiger charge is 2.13. The van der Waals surface area contributed by atoms with Gasteiger partial charge in [-0.25, -0.2) is 4.39 Å². The van der Waals surface area contributed by atoms with Gasteiger partial charge >= 0.3 is 0 Å². The summed E-state index contributed by atoms with van der Waals surface area (Å²) in [6.45, 7) is 1.97. The van der Waals surface area contributed by atoms with Gasteiger partial charge in [-0.1, -0.05) is 28.1 Å². The summed E-state index contributed by atoms with van der Waals surface area (Å²) in [5, 5.41) is 3.04. The van der Waals surface area contributed by atoms with Gasteiger partial charge < -0.3 is 11.1 Å². The molecule has 104 valence electrons. The number of hydrogen-bond donors (Lipinski definition) is 2. The largest absolute Gasteiger partial charge is 0.389 e. The molecule has 2 aromatic carbocycles. The molecule has 0 saturated heterocycles. The average molecular weight is 418 g/mol. The Morgan fingerprint density at radius 2 is 1.95 bits per heavy atom. The third-order valence-corrected chi connectivity index (χ3v) is 4.67. The number of benzene rings is 2. The van der Waals surface area contributed by atoms with Crippen LogP contribution in [0.4, 0.5) is 15.8 Å². The number of rotatable bonds is 3. The minimum atomic E-state index is -0.420. The molecule has 0 aromatic heterocycles. The molecule has 0 spiro atoms. The summed E-state index contributed by atoms with van der Waals surface area (Å²) in [5.41, 5.74) is 8.24. The first-order valence-electron chi connectivity index (χ1n) is 5.71. The van der Waals surface area contributed by atoms with Crippen molar-refractivity contribution >= 4 is 60.4 Å². The molecule has 0 heterocycles. The van der Waals surface area contributed by atoms with Crippen molar-refractivity contribution in [2.75, 3.05) is 5.32 Å². The molecule has 0 fully saturated rings. The van der Waals surface area contributed by atoms with Crippen LogP contribution in [-0.4, -0.2) is 4.99 Å². The minimum Gasteiger partial charge on any atom is -0.389 e. The van der Waals surface area contributed by atoms with Crippen molar-refractivity contribution < 1.29 is 4.39 Å². The van der Waals surface area contributed by atoms with Crippen molar-refractivity contribution in [1.29, 1.82) is 0 Å². The highest BCUT2D eigenvalue weighted by atomic mass is 79.9. The van der Waals surface area contributed by atoms with Gasteiger partial charge in [-0.05, 0) is 58.7 Å². The number of hydrogen-bond acceptors (Lipinski definition) is 2. The second kappa shape index (κ2) is 6.20. The zero-order valence-corrected chi connectivity index (χ0v) is 14.5. The van der Waals surface area contributed by atoms with Gasteiger partial charge in [-0.15, -0.1) is 0 Å². The van der Waals surface area contributed by atoms with Crippen LogP contribution in [-0.2, 0) is 0 Å².